The maximum atomic E-state index is 12.1. The third kappa shape index (κ3) is 6.30. The van der Waals surface area contributed by atoms with E-state index in [2.05, 4.69) is 5.32 Å². The number of hydrogen-bond acceptors (Lipinski definition) is 6. The Kier molecular flexibility index (Phi) is 6.40. The Morgan fingerprint density at radius 1 is 1.04 bits per heavy atom. The van der Waals surface area contributed by atoms with Crippen LogP contribution in [0.3, 0.4) is 0 Å². The molecule has 8 nitrogen and oxygen atoms in total. The van der Waals surface area contributed by atoms with Crippen molar-refractivity contribution in [1.82, 2.24) is 0 Å². The molecule has 2 N–H and O–H groups in total. The minimum Gasteiger partial charge on any atom is -0.484 e. The summed E-state index contributed by atoms with van der Waals surface area (Å²) in [7, 11) is -3.36. The lowest BCUT2D eigenvalue weighted by molar-refractivity contribution is -0.139. The minimum absolute atomic E-state index is 0.105. The van der Waals surface area contributed by atoms with Gasteiger partial charge in [0.15, 0.2) is 23.1 Å². The molecule has 2 rings (SSSR count). The van der Waals surface area contributed by atoms with Gasteiger partial charge in [0.2, 0.25) is 0 Å². The number of benzene rings is 2. The number of nitrogens with one attached hydrogen (secondary N) is 1. The van der Waals surface area contributed by atoms with E-state index >= 15 is 0 Å². The van der Waals surface area contributed by atoms with Gasteiger partial charge in [0, 0.05) is 11.9 Å². The van der Waals surface area contributed by atoms with Crippen molar-refractivity contribution in [2.45, 2.75) is 11.8 Å². The van der Waals surface area contributed by atoms with Gasteiger partial charge in [-0.2, -0.15) is 0 Å². The summed E-state index contributed by atoms with van der Waals surface area (Å²) in [5, 5.41) is 11.3. The average Bonchev–Trinajstić information content (AvgIpc) is 2.60. The molecule has 0 heterocycles. The number of hydrogen-bond donors (Lipinski definition) is 2. The van der Waals surface area contributed by atoms with Crippen LogP contribution in [-0.2, 0) is 19.4 Å². The van der Waals surface area contributed by atoms with Gasteiger partial charge in [0.05, 0.1) is 4.90 Å². The number of ether oxygens (including phenoxy) is 2. The number of sulfone groups is 1. The fourth-order valence-electron chi connectivity index (χ4n) is 2.14. The van der Waals surface area contributed by atoms with Crippen molar-refractivity contribution in [3.05, 3.63) is 48.0 Å². The van der Waals surface area contributed by atoms with Gasteiger partial charge in [0.25, 0.3) is 5.91 Å². The predicted molar refractivity (Wildman–Crippen MR) is 98.0 cm³/mol. The van der Waals surface area contributed by atoms with E-state index in [4.69, 9.17) is 14.6 Å². The summed E-state index contributed by atoms with van der Waals surface area (Å²) >= 11 is 0. The molecule has 0 saturated heterocycles. The van der Waals surface area contributed by atoms with Crippen molar-refractivity contribution >= 4 is 27.4 Å². The van der Waals surface area contributed by atoms with Gasteiger partial charge in [-0.1, -0.05) is 6.07 Å². The number of carbonyl (C=O) groups is 2. The van der Waals surface area contributed by atoms with E-state index < -0.39 is 28.3 Å². The lowest BCUT2D eigenvalue weighted by atomic mass is 10.2. The van der Waals surface area contributed by atoms with E-state index in [1.165, 1.54) is 18.2 Å². The first kappa shape index (κ1) is 20.2. The first-order chi connectivity index (χ1) is 12.6. The Morgan fingerprint density at radius 2 is 1.70 bits per heavy atom. The molecule has 0 atom stereocenters. The van der Waals surface area contributed by atoms with Crippen molar-refractivity contribution in [3.63, 3.8) is 0 Å². The molecule has 0 radical (unpaired) electrons. The number of aliphatic carboxylic acids is 1. The van der Waals surface area contributed by atoms with Crippen LogP contribution in [0, 0.1) is 6.92 Å². The maximum Gasteiger partial charge on any atom is 0.341 e. The molecule has 0 unspecified atom stereocenters. The second kappa shape index (κ2) is 8.54. The average molecular weight is 393 g/mol. The quantitative estimate of drug-likeness (QED) is 0.703. The zero-order valence-electron chi connectivity index (χ0n) is 14.8. The number of aryl methyl sites for hydroxylation is 1. The van der Waals surface area contributed by atoms with Gasteiger partial charge < -0.3 is 19.9 Å². The summed E-state index contributed by atoms with van der Waals surface area (Å²) in [6, 6.07) is 10.6. The Morgan fingerprint density at radius 3 is 2.33 bits per heavy atom. The fourth-order valence-corrected chi connectivity index (χ4v) is 2.80. The van der Waals surface area contributed by atoms with Crippen LogP contribution in [0.5, 0.6) is 11.5 Å². The van der Waals surface area contributed by atoms with Gasteiger partial charge >= 0.3 is 5.97 Å². The summed E-state index contributed by atoms with van der Waals surface area (Å²) in [5.74, 6) is -0.867. The molecule has 0 aliphatic heterocycles. The van der Waals surface area contributed by atoms with Gasteiger partial charge in [-0.25, -0.2) is 13.2 Å². The largest absolute Gasteiger partial charge is 0.484 e. The Bertz CT molecular complexity index is 954. The standard InChI is InChI=1S/C18H19NO7S/c1-12-8-14(26-11-18(21)22)6-7-16(12)19-17(20)10-25-13-4-3-5-15(9-13)27(2,23)24/h3-9H,10-11H2,1-2H3,(H,19,20)(H,21,22). The van der Waals surface area contributed by atoms with Crippen molar-refractivity contribution < 1.29 is 32.6 Å². The highest BCUT2D eigenvalue weighted by atomic mass is 32.2. The van der Waals surface area contributed by atoms with Crippen molar-refractivity contribution in [2.24, 2.45) is 0 Å². The fraction of sp³-hybridized carbons (Fsp3) is 0.222. The minimum atomic E-state index is -3.36. The van der Waals surface area contributed by atoms with Gasteiger partial charge in [-0.05, 0) is 48.9 Å². The first-order valence-corrected chi connectivity index (χ1v) is 9.72. The number of carboxylic acids is 1. The van der Waals surface area contributed by atoms with E-state index in [1.54, 1.807) is 31.2 Å². The van der Waals surface area contributed by atoms with Crippen LogP contribution in [0.4, 0.5) is 5.69 Å². The second-order valence-corrected chi connectivity index (χ2v) is 7.76. The molecule has 2 aromatic rings. The molecule has 0 aliphatic rings. The lowest BCUT2D eigenvalue weighted by Crippen LogP contribution is -2.20. The highest BCUT2D eigenvalue weighted by Gasteiger charge is 2.10. The summed E-state index contributed by atoms with van der Waals surface area (Å²) in [5.41, 5.74) is 1.21. The first-order valence-electron chi connectivity index (χ1n) is 7.83. The molecule has 27 heavy (non-hydrogen) atoms. The van der Waals surface area contributed by atoms with Crippen LogP contribution >= 0.6 is 0 Å². The molecule has 0 saturated carbocycles. The third-order valence-corrected chi connectivity index (χ3v) is 4.55. The van der Waals surface area contributed by atoms with Gasteiger partial charge in [0.1, 0.15) is 11.5 Å². The molecule has 0 fully saturated rings. The summed E-state index contributed by atoms with van der Waals surface area (Å²) in [6.45, 7) is 0.981. The molecule has 0 aromatic heterocycles. The van der Waals surface area contributed by atoms with Crippen molar-refractivity contribution in [2.75, 3.05) is 24.8 Å². The van der Waals surface area contributed by atoms with Crippen LogP contribution in [-0.4, -0.2) is 44.9 Å². The van der Waals surface area contributed by atoms with Crippen LogP contribution < -0.4 is 14.8 Å². The number of carbonyl (C=O) groups excluding carboxylic acids is 1. The summed E-state index contributed by atoms with van der Waals surface area (Å²) < 4.78 is 33.5. The van der Waals surface area contributed by atoms with Crippen LogP contribution in [0.2, 0.25) is 0 Å². The Balaban J connectivity index is 1.95. The topological polar surface area (TPSA) is 119 Å². The van der Waals surface area contributed by atoms with Crippen molar-refractivity contribution in [1.29, 1.82) is 0 Å². The molecule has 9 heteroatoms. The smallest absolute Gasteiger partial charge is 0.341 e. The molecule has 2 aromatic carbocycles. The molecule has 1 amide bonds. The predicted octanol–water partition coefficient (Wildman–Crippen LogP) is 1.88. The Hall–Kier alpha value is -3.07. The molecule has 144 valence electrons. The normalized spacial score (nSPS) is 10.9. The number of amides is 1. The maximum absolute atomic E-state index is 12.1. The SMILES string of the molecule is Cc1cc(OCC(=O)O)ccc1NC(=O)COc1cccc(S(C)(=O)=O)c1. The van der Waals surface area contributed by atoms with Gasteiger partial charge in [-0.3, -0.25) is 4.79 Å². The zero-order chi connectivity index (χ0) is 20.0. The summed E-state index contributed by atoms with van der Waals surface area (Å²) in [4.78, 5) is 22.7. The van der Waals surface area contributed by atoms with Crippen LogP contribution in [0.25, 0.3) is 0 Å². The molecular formula is C18H19NO7S. The molecular weight excluding hydrogens is 374 g/mol. The molecule has 0 aliphatic carbocycles. The lowest BCUT2D eigenvalue weighted by Gasteiger charge is -2.11. The van der Waals surface area contributed by atoms with Crippen molar-refractivity contribution in [3.8, 4) is 11.5 Å². The van der Waals surface area contributed by atoms with E-state index in [0.29, 0.717) is 17.0 Å². The number of rotatable bonds is 8. The Labute approximate surface area is 156 Å². The van der Waals surface area contributed by atoms with E-state index in [1.807, 2.05) is 0 Å². The van der Waals surface area contributed by atoms with Crippen LogP contribution in [0.1, 0.15) is 5.56 Å². The highest BCUT2D eigenvalue weighted by molar-refractivity contribution is 7.90. The van der Waals surface area contributed by atoms with E-state index in [9.17, 15) is 18.0 Å². The second-order valence-electron chi connectivity index (χ2n) is 5.74. The zero-order valence-corrected chi connectivity index (χ0v) is 15.6. The number of carboxylic acid groups (broad SMARTS) is 1. The molecule has 0 spiro atoms. The van der Waals surface area contributed by atoms with Gasteiger partial charge in [-0.15, -0.1) is 0 Å². The van der Waals surface area contributed by atoms with Crippen LogP contribution in [0.15, 0.2) is 47.4 Å². The highest BCUT2D eigenvalue weighted by Crippen LogP contribution is 2.22. The molecule has 0 bridgehead atoms. The third-order valence-electron chi connectivity index (χ3n) is 3.44. The van der Waals surface area contributed by atoms with E-state index in [0.717, 1.165) is 6.26 Å². The number of anilines is 1. The van der Waals surface area contributed by atoms with E-state index in [-0.39, 0.29) is 17.3 Å². The monoisotopic (exact) mass is 393 g/mol. The summed E-state index contributed by atoms with van der Waals surface area (Å²) in [6.07, 6.45) is 1.09.